The van der Waals surface area contributed by atoms with Gasteiger partial charge in [-0.05, 0) is 49.2 Å². The number of carbonyl (C=O) groups excluding carboxylic acids is 3. The molecule has 32 heavy (non-hydrogen) atoms. The van der Waals surface area contributed by atoms with Gasteiger partial charge in [-0.15, -0.1) is 0 Å². The molecule has 3 aromatic rings. The number of aromatic nitrogens is 2. The van der Waals surface area contributed by atoms with Crippen LogP contribution in [-0.4, -0.2) is 32.8 Å². The fourth-order valence-electron chi connectivity index (χ4n) is 3.50. The molecule has 1 atom stereocenters. The number of hydrogen-bond donors (Lipinski definition) is 3. The van der Waals surface area contributed by atoms with Crippen LogP contribution in [-0.2, 0) is 9.59 Å². The third kappa shape index (κ3) is 6.68. The van der Waals surface area contributed by atoms with Crippen molar-refractivity contribution >= 4 is 34.2 Å². The van der Waals surface area contributed by atoms with Crippen molar-refractivity contribution in [1.29, 1.82) is 0 Å². The molecule has 0 fully saturated rings. The van der Waals surface area contributed by atoms with Gasteiger partial charge in [0.15, 0.2) is 5.78 Å². The average molecular weight is 434 g/mol. The van der Waals surface area contributed by atoms with E-state index in [0.717, 1.165) is 10.9 Å². The number of nitrogens with one attached hydrogen (secondary N) is 2. The normalized spacial score (nSPS) is 11.7. The Kier molecular flexibility index (Phi) is 8.39. The number of Topliss-reactive ketones (excluding diaryl/α,β-unsaturated/α-hetero) is 1. The van der Waals surface area contributed by atoms with Crippen LogP contribution < -0.4 is 10.8 Å². The standard InChI is InChI=1S/C24H26N4O4/c29-22(19-8-4-12-25-16-19)15-18(6-2-1-3-9-23(30)28-32)24(31)27-20-10-11-21-17(14-20)7-5-13-26-21/h4-5,7-8,10-14,16,18,32H,1-3,6,9,15H2,(H,27,31)(H,28,30)/t18-/m1/s1. The van der Waals surface area contributed by atoms with Crippen LogP contribution in [0.3, 0.4) is 0 Å². The summed E-state index contributed by atoms with van der Waals surface area (Å²) in [6.45, 7) is 0. The zero-order chi connectivity index (χ0) is 22.8. The van der Waals surface area contributed by atoms with Crippen molar-refractivity contribution in [3.05, 3.63) is 66.6 Å². The van der Waals surface area contributed by atoms with Gasteiger partial charge >= 0.3 is 0 Å². The Labute approximate surface area is 186 Å². The second-order valence-electron chi connectivity index (χ2n) is 7.60. The number of fused-ring (bicyclic) bond motifs is 1. The van der Waals surface area contributed by atoms with Crippen molar-refractivity contribution in [3.8, 4) is 0 Å². The highest BCUT2D eigenvalue weighted by Gasteiger charge is 2.23. The summed E-state index contributed by atoms with van der Waals surface area (Å²) in [4.78, 5) is 45.1. The van der Waals surface area contributed by atoms with Crippen molar-refractivity contribution in [2.45, 2.75) is 38.5 Å². The molecule has 8 heteroatoms. The SMILES string of the molecule is O=C(CCCCC[C@H](CC(=O)c1cccnc1)C(=O)Nc1ccc2ncccc2c1)NO. The molecule has 8 nitrogen and oxygen atoms in total. The number of hydrogen-bond acceptors (Lipinski definition) is 6. The quantitative estimate of drug-likeness (QED) is 0.182. The topological polar surface area (TPSA) is 121 Å². The molecule has 0 radical (unpaired) electrons. The van der Waals surface area contributed by atoms with Gasteiger partial charge in [-0.25, -0.2) is 5.48 Å². The molecular formula is C24H26N4O4. The summed E-state index contributed by atoms with van der Waals surface area (Å²) >= 11 is 0. The number of hydroxylamine groups is 1. The van der Waals surface area contributed by atoms with Crippen LogP contribution in [0.25, 0.3) is 10.9 Å². The summed E-state index contributed by atoms with van der Waals surface area (Å²) in [6, 6.07) is 12.6. The minimum Gasteiger partial charge on any atom is -0.326 e. The van der Waals surface area contributed by atoms with Gasteiger partial charge in [0.05, 0.1) is 5.52 Å². The monoisotopic (exact) mass is 434 g/mol. The van der Waals surface area contributed by atoms with E-state index in [1.165, 1.54) is 6.20 Å². The lowest BCUT2D eigenvalue weighted by Crippen LogP contribution is -2.25. The number of anilines is 1. The summed E-state index contributed by atoms with van der Waals surface area (Å²) < 4.78 is 0. The predicted octanol–water partition coefficient (Wildman–Crippen LogP) is 3.91. The first-order valence-electron chi connectivity index (χ1n) is 10.6. The molecule has 1 aromatic carbocycles. The lowest BCUT2D eigenvalue weighted by molar-refractivity contribution is -0.129. The zero-order valence-electron chi connectivity index (χ0n) is 17.7. The summed E-state index contributed by atoms with van der Waals surface area (Å²) in [5.74, 6) is -1.31. The first-order valence-corrected chi connectivity index (χ1v) is 10.6. The van der Waals surface area contributed by atoms with E-state index in [1.807, 2.05) is 24.3 Å². The van der Waals surface area contributed by atoms with Crippen molar-refractivity contribution < 1.29 is 19.6 Å². The minimum absolute atomic E-state index is 0.0732. The Morgan fingerprint density at radius 2 is 1.84 bits per heavy atom. The maximum atomic E-state index is 13.0. The number of amides is 2. The molecule has 2 aromatic heterocycles. The number of unbranched alkanes of at least 4 members (excludes halogenated alkanes) is 2. The lowest BCUT2D eigenvalue weighted by Gasteiger charge is -2.17. The second-order valence-corrected chi connectivity index (χ2v) is 7.60. The smallest absolute Gasteiger partial charge is 0.243 e. The Morgan fingerprint density at radius 3 is 2.62 bits per heavy atom. The highest BCUT2D eigenvalue weighted by atomic mass is 16.5. The Balaban J connectivity index is 1.65. The molecule has 0 spiro atoms. The number of pyridine rings is 2. The van der Waals surface area contributed by atoms with Crippen LogP contribution in [0.5, 0.6) is 0 Å². The molecule has 2 heterocycles. The number of benzene rings is 1. The summed E-state index contributed by atoms with van der Waals surface area (Å²) in [5.41, 5.74) is 3.56. The summed E-state index contributed by atoms with van der Waals surface area (Å²) in [6.07, 6.45) is 7.59. The summed E-state index contributed by atoms with van der Waals surface area (Å²) in [7, 11) is 0. The number of rotatable bonds is 11. The van der Waals surface area contributed by atoms with Gasteiger partial charge in [-0.2, -0.15) is 0 Å². The van der Waals surface area contributed by atoms with Crippen LogP contribution in [0.15, 0.2) is 61.1 Å². The van der Waals surface area contributed by atoms with Crippen LogP contribution in [0, 0.1) is 5.92 Å². The minimum atomic E-state index is -0.515. The van der Waals surface area contributed by atoms with Gasteiger partial charge in [-0.1, -0.05) is 18.9 Å². The van der Waals surface area contributed by atoms with E-state index in [4.69, 9.17) is 5.21 Å². The molecule has 0 aliphatic rings. The van der Waals surface area contributed by atoms with E-state index in [9.17, 15) is 14.4 Å². The zero-order valence-corrected chi connectivity index (χ0v) is 17.7. The van der Waals surface area contributed by atoms with Crippen LogP contribution in [0.2, 0.25) is 0 Å². The van der Waals surface area contributed by atoms with Gasteiger partial charge in [0.25, 0.3) is 0 Å². The molecule has 0 unspecified atom stereocenters. The third-order valence-electron chi connectivity index (χ3n) is 5.24. The van der Waals surface area contributed by atoms with Crippen molar-refractivity contribution in [3.63, 3.8) is 0 Å². The first-order chi connectivity index (χ1) is 15.6. The molecular weight excluding hydrogens is 408 g/mol. The van der Waals surface area contributed by atoms with Gasteiger partial charge in [-0.3, -0.25) is 29.6 Å². The number of nitrogens with zero attached hydrogens (tertiary/aromatic N) is 2. The average Bonchev–Trinajstić information content (AvgIpc) is 2.83. The van der Waals surface area contributed by atoms with E-state index in [-0.39, 0.29) is 24.5 Å². The Morgan fingerprint density at radius 1 is 1.00 bits per heavy atom. The number of ketones is 1. The van der Waals surface area contributed by atoms with Crippen molar-refractivity contribution in [2.75, 3.05) is 5.32 Å². The maximum Gasteiger partial charge on any atom is 0.243 e. The maximum absolute atomic E-state index is 13.0. The predicted molar refractivity (Wildman–Crippen MR) is 120 cm³/mol. The van der Waals surface area contributed by atoms with Crippen LogP contribution in [0.4, 0.5) is 5.69 Å². The highest BCUT2D eigenvalue weighted by molar-refractivity contribution is 6.01. The summed E-state index contributed by atoms with van der Waals surface area (Å²) in [5, 5.41) is 12.4. The van der Waals surface area contributed by atoms with Crippen LogP contribution in [0.1, 0.15) is 48.9 Å². The molecule has 0 saturated carbocycles. The molecule has 0 aliphatic carbocycles. The number of carbonyl (C=O) groups is 3. The third-order valence-corrected chi connectivity index (χ3v) is 5.24. The van der Waals surface area contributed by atoms with Gasteiger partial charge < -0.3 is 5.32 Å². The van der Waals surface area contributed by atoms with Gasteiger partial charge in [0, 0.05) is 54.0 Å². The lowest BCUT2D eigenvalue weighted by atomic mass is 9.92. The van der Waals surface area contributed by atoms with Gasteiger partial charge in [0.1, 0.15) is 0 Å². The second kappa shape index (κ2) is 11.7. The van der Waals surface area contributed by atoms with E-state index < -0.39 is 11.8 Å². The molecule has 0 aliphatic heterocycles. The van der Waals surface area contributed by atoms with E-state index in [1.54, 1.807) is 36.1 Å². The Bertz CT molecular complexity index is 1070. The first kappa shape index (κ1) is 23.0. The molecule has 3 rings (SSSR count). The molecule has 0 saturated heterocycles. The molecule has 3 N–H and O–H groups in total. The Hall–Kier alpha value is -3.65. The van der Waals surface area contributed by atoms with E-state index >= 15 is 0 Å². The fourth-order valence-corrected chi connectivity index (χ4v) is 3.50. The van der Waals surface area contributed by atoms with Gasteiger partial charge in [0.2, 0.25) is 11.8 Å². The molecule has 2 amide bonds. The van der Waals surface area contributed by atoms with Crippen molar-refractivity contribution in [1.82, 2.24) is 15.4 Å². The largest absolute Gasteiger partial charge is 0.326 e. The molecule has 166 valence electrons. The van der Waals surface area contributed by atoms with Crippen LogP contribution >= 0.6 is 0 Å². The molecule has 0 bridgehead atoms. The fraction of sp³-hybridized carbons (Fsp3) is 0.292. The van der Waals surface area contributed by atoms with E-state index in [0.29, 0.717) is 36.9 Å². The van der Waals surface area contributed by atoms with E-state index in [2.05, 4.69) is 15.3 Å². The highest BCUT2D eigenvalue weighted by Crippen LogP contribution is 2.22. The van der Waals surface area contributed by atoms with Crippen molar-refractivity contribution in [2.24, 2.45) is 5.92 Å².